The smallest absolute Gasteiger partial charge is 0.227 e. The van der Waals surface area contributed by atoms with E-state index in [0.717, 1.165) is 17.5 Å². The first-order valence-electron chi connectivity index (χ1n) is 11.4. The maximum absolute atomic E-state index is 13.3. The summed E-state index contributed by atoms with van der Waals surface area (Å²) in [7, 11) is 3.49. The van der Waals surface area contributed by atoms with Gasteiger partial charge in [-0.15, -0.1) is 0 Å². The van der Waals surface area contributed by atoms with E-state index in [1.54, 1.807) is 30.3 Å². The zero-order valence-corrected chi connectivity index (χ0v) is 19.4. The number of nitrogens with zero attached hydrogens (tertiary/aromatic N) is 3. The van der Waals surface area contributed by atoms with E-state index < -0.39 is 6.04 Å². The number of benzene rings is 2. The lowest BCUT2D eigenvalue weighted by atomic mass is 9.95. The van der Waals surface area contributed by atoms with Gasteiger partial charge < -0.3 is 19.5 Å². The van der Waals surface area contributed by atoms with Gasteiger partial charge in [-0.3, -0.25) is 9.59 Å². The molecule has 0 spiro atoms. The van der Waals surface area contributed by atoms with Gasteiger partial charge in [0.25, 0.3) is 0 Å². The standard InChI is InChI=1S/C26H29FN4O3/c1-30-14-12-28-25(30)24(19-5-3-7-22(16-19)34-2)29-26(33)20-6-4-13-31(17-20)23(32)15-18-8-10-21(27)11-9-18/h3,5,7-12,14,16,20,24H,4,6,13,15,17H2,1-2H3,(H,29,33). The van der Waals surface area contributed by atoms with Gasteiger partial charge in [0.15, 0.2) is 0 Å². The summed E-state index contributed by atoms with van der Waals surface area (Å²) >= 11 is 0. The van der Waals surface area contributed by atoms with Crippen molar-refractivity contribution in [3.63, 3.8) is 0 Å². The molecule has 0 saturated carbocycles. The van der Waals surface area contributed by atoms with Crippen LogP contribution in [0, 0.1) is 11.7 Å². The molecule has 34 heavy (non-hydrogen) atoms. The minimum absolute atomic E-state index is 0.0578. The van der Waals surface area contributed by atoms with E-state index >= 15 is 0 Å². The fourth-order valence-electron chi connectivity index (χ4n) is 4.34. The molecule has 2 aromatic carbocycles. The maximum Gasteiger partial charge on any atom is 0.227 e. The van der Waals surface area contributed by atoms with E-state index in [2.05, 4.69) is 10.3 Å². The second-order valence-corrected chi connectivity index (χ2v) is 8.60. The first-order chi connectivity index (χ1) is 16.4. The lowest BCUT2D eigenvalue weighted by Gasteiger charge is -2.33. The highest BCUT2D eigenvalue weighted by atomic mass is 19.1. The number of likely N-dealkylation sites (tertiary alicyclic amines) is 1. The van der Waals surface area contributed by atoms with Gasteiger partial charge in [-0.2, -0.15) is 0 Å². The van der Waals surface area contributed by atoms with E-state index in [9.17, 15) is 14.0 Å². The second kappa shape index (κ2) is 10.5. The van der Waals surface area contributed by atoms with Gasteiger partial charge >= 0.3 is 0 Å². The summed E-state index contributed by atoms with van der Waals surface area (Å²) in [6.07, 6.45) is 5.18. The number of methoxy groups -OCH3 is 1. The summed E-state index contributed by atoms with van der Waals surface area (Å²) in [5.74, 6) is 0.582. The van der Waals surface area contributed by atoms with Crippen LogP contribution in [-0.2, 0) is 23.1 Å². The van der Waals surface area contributed by atoms with Crippen molar-refractivity contribution in [3.8, 4) is 5.75 Å². The van der Waals surface area contributed by atoms with Crippen LogP contribution in [0.1, 0.15) is 35.8 Å². The van der Waals surface area contributed by atoms with Gasteiger partial charge in [-0.25, -0.2) is 9.37 Å². The molecule has 4 rings (SSSR count). The molecule has 2 atom stereocenters. The van der Waals surface area contributed by atoms with Gasteiger partial charge in [-0.05, 0) is 48.2 Å². The first kappa shape index (κ1) is 23.5. The highest BCUT2D eigenvalue weighted by Crippen LogP contribution is 2.26. The van der Waals surface area contributed by atoms with E-state index in [4.69, 9.17) is 4.74 Å². The van der Waals surface area contributed by atoms with Crippen molar-refractivity contribution < 1.29 is 18.7 Å². The third-order valence-electron chi connectivity index (χ3n) is 6.24. The Balaban J connectivity index is 1.47. The normalized spacial score (nSPS) is 16.7. The number of aromatic nitrogens is 2. The molecule has 8 heteroatoms. The number of halogens is 1. The molecule has 178 valence electrons. The Labute approximate surface area is 198 Å². The fraction of sp³-hybridized carbons (Fsp3) is 0.346. The topological polar surface area (TPSA) is 76.5 Å². The number of rotatable bonds is 7. The Morgan fingerprint density at radius 3 is 2.74 bits per heavy atom. The molecular weight excluding hydrogens is 435 g/mol. The van der Waals surface area contributed by atoms with E-state index in [0.29, 0.717) is 31.1 Å². The van der Waals surface area contributed by atoms with Crippen molar-refractivity contribution in [2.24, 2.45) is 13.0 Å². The minimum atomic E-state index is -0.451. The fourth-order valence-corrected chi connectivity index (χ4v) is 4.34. The Morgan fingerprint density at radius 1 is 1.24 bits per heavy atom. The molecule has 2 amide bonds. The molecule has 0 aliphatic carbocycles. The predicted molar refractivity (Wildman–Crippen MR) is 126 cm³/mol. The molecule has 2 heterocycles. The number of imidazole rings is 1. The van der Waals surface area contributed by atoms with Crippen molar-refractivity contribution in [3.05, 3.63) is 83.7 Å². The largest absolute Gasteiger partial charge is 0.497 e. The molecule has 1 fully saturated rings. The predicted octanol–water partition coefficient (Wildman–Crippen LogP) is 3.25. The molecule has 0 radical (unpaired) electrons. The van der Waals surface area contributed by atoms with E-state index in [1.807, 2.05) is 42.1 Å². The Morgan fingerprint density at radius 2 is 2.03 bits per heavy atom. The zero-order chi connectivity index (χ0) is 24.1. The molecular formula is C26H29FN4O3. The maximum atomic E-state index is 13.3. The van der Waals surface area contributed by atoms with Crippen LogP contribution in [-0.4, -0.2) is 46.5 Å². The second-order valence-electron chi connectivity index (χ2n) is 8.60. The first-order valence-corrected chi connectivity index (χ1v) is 11.4. The number of carbonyl (C=O) groups is 2. The van der Waals surface area contributed by atoms with Crippen molar-refractivity contribution in [1.82, 2.24) is 19.8 Å². The molecule has 1 aromatic heterocycles. The summed E-state index contributed by atoms with van der Waals surface area (Å²) in [5, 5.41) is 3.16. The van der Waals surface area contributed by atoms with Crippen molar-refractivity contribution in [2.75, 3.05) is 20.2 Å². The summed E-state index contributed by atoms with van der Waals surface area (Å²) in [4.78, 5) is 32.4. The van der Waals surface area contributed by atoms with E-state index in [1.165, 1.54) is 12.1 Å². The zero-order valence-electron chi connectivity index (χ0n) is 19.4. The van der Waals surface area contributed by atoms with Gasteiger partial charge in [-0.1, -0.05) is 24.3 Å². The Bertz CT molecular complexity index is 1140. The summed E-state index contributed by atoms with van der Waals surface area (Å²) in [6.45, 7) is 0.972. The number of amides is 2. The number of nitrogens with one attached hydrogen (secondary N) is 1. The van der Waals surface area contributed by atoms with Gasteiger partial charge in [0.05, 0.1) is 19.4 Å². The average Bonchev–Trinajstić information content (AvgIpc) is 3.29. The van der Waals surface area contributed by atoms with Crippen LogP contribution < -0.4 is 10.1 Å². The number of hydrogen-bond donors (Lipinski definition) is 1. The van der Waals surface area contributed by atoms with Gasteiger partial charge in [0.2, 0.25) is 11.8 Å². The molecule has 2 unspecified atom stereocenters. The number of ether oxygens (including phenoxy) is 1. The van der Waals surface area contributed by atoms with Crippen LogP contribution in [0.3, 0.4) is 0 Å². The van der Waals surface area contributed by atoms with Gasteiger partial charge in [0, 0.05) is 32.5 Å². The molecule has 1 saturated heterocycles. The lowest BCUT2D eigenvalue weighted by Crippen LogP contribution is -2.46. The molecule has 1 N–H and O–H groups in total. The number of aryl methyl sites for hydroxylation is 1. The molecule has 3 aromatic rings. The SMILES string of the molecule is COc1cccc(C(NC(=O)C2CCCN(C(=O)Cc3ccc(F)cc3)C2)c2nccn2C)c1. The Hall–Kier alpha value is -3.68. The third-order valence-corrected chi connectivity index (χ3v) is 6.24. The monoisotopic (exact) mass is 464 g/mol. The third kappa shape index (κ3) is 5.44. The van der Waals surface area contributed by atoms with Crippen molar-refractivity contribution in [1.29, 1.82) is 0 Å². The number of piperidine rings is 1. The van der Waals surface area contributed by atoms with E-state index in [-0.39, 0.29) is 30.0 Å². The van der Waals surface area contributed by atoms with Crippen LogP contribution in [0.2, 0.25) is 0 Å². The van der Waals surface area contributed by atoms with Gasteiger partial charge in [0.1, 0.15) is 23.4 Å². The van der Waals surface area contributed by atoms with Crippen LogP contribution in [0.15, 0.2) is 60.9 Å². The number of hydrogen-bond acceptors (Lipinski definition) is 4. The van der Waals surface area contributed by atoms with Crippen LogP contribution >= 0.6 is 0 Å². The summed E-state index contributed by atoms with van der Waals surface area (Å²) in [5.41, 5.74) is 1.62. The highest BCUT2D eigenvalue weighted by molar-refractivity contribution is 5.82. The summed E-state index contributed by atoms with van der Waals surface area (Å²) in [6, 6.07) is 13.0. The van der Waals surface area contributed by atoms with Crippen molar-refractivity contribution in [2.45, 2.75) is 25.3 Å². The summed E-state index contributed by atoms with van der Waals surface area (Å²) < 4.78 is 20.4. The molecule has 1 aliphatic rings. The number of carbonyl (C=O) groups excluding carboxylic acids is 2. The molecule has 0 bridgehead atoms. The average molecular weight is 465 g/mol. The van der Waals surface area contributed by atoms with Crippen LogP contribution in [0.5, 0.6) is 5.75 Å². The Kier molecular flexibility index (Phi) is 7.25. The highest BCUT2D eigenvalue weighted by Gasteiger charge is 2.31. The minimum Gasteiger partial charge on any atom is -0.497 e. The van der Waals surface area contributed by atoms with Crippen molar-refractivity contribution >= 4 is 11.8 Å². The quantitative estimate of drug-likeness (QED) is 0.582. The molecule has 7 nitrogen and oxygen atoms in total. The van der Waals surface area contributed by atoms with Crippen LogP contribution in [0.4, 0.5) is 4.39 Å². The molecule has 1 aliphatic heterocycles. The van der Waals surface area contributed by atoms with Crippen LogP contribution in [0.25, 0.3) is 0 Å². The lowest BCUT2D eigenvalue weighted by molar-refractivity contribution is -0.135.